The van der Waals surface area contributed by atoms with Crippen LogP contribution in [-0.2, 0) is 19.2 Å². The molecule has 0 saturated carbocycles. The van der Waals surface area contributed by atoms with Gasteiger partial charge in [0.1, 0.15) is 0 Å². The molecule has 0 unspecified atom stereocenters. The summed E-state index contributed by atoms with van der Waals surface area (Å²) in [7, 11) is 0. The van der Waals surface area contributed by atoms with Crippen LogP contribution in [0.3, 0.4) is 0 Å². The van der Waals surface area contributed by atoms with Crippen molar-refractivity contribution in [2.45, 2.75) is 12.8 Å². The summed E-state index contributed by atoms with van der Waals surface area (Å²) in [5.41, 5.74) is -0.469. The molecule has 14 heteroatoms. The molecule has 2 heterocycles. The van der Waals surface area contributed by atoms with Gasteiger partial charge in [0.2, 0.25) is 0 Å². The number of nitrogens with zero attached hydrogens (tertiary/aromatic N) is 2. The van der Waals surface area contributed by atoms with Crippen LogP contribution in [0.25, 0.3) is 0 Å². The Morgan fingerprint density at radius 1 is 0.719 bits per heavy atom. The van der Waals surface area contributed by atoms with E-state index in [0.717, 1.165) is 0 Å². The molecule has 2 aliphatic heterocycles. The van der Waals surface area contributed by atoms with Gasteiger partial charge in [-0.25, -0.2) is 28.8 Å². The number of carboxylic acid groups (broad SMARTS) is 4. The topological polar surface area (TPSA) is 214 Å². The van der Waals surface area contributed by atoms with Gasteiger partial charge in [-0.15, -0.1) is 0 Å². The summed E-state index contributed by atoms with van der Waals surface area (Å²) in [5, 5.41) is 39.5. The Bertz CT molecular complexity index is 770. The fourth-order valence-corrected chi connectivity index (χ4v) is 2.86. The van der Waals surface area contributed by atoms with Crippen LogP contribution in [-0.4, -0.2) is 105 Å². The largest absolute Gasteiger partial charge is 0.478 e. The van der Waals surface area contributed by atoms with E-state index in [2.05, 4.69) is 10.6 Å². The van der Waals surface area contributed by atoms with Crippen molar-refractivity contribution < 1.29 is 49.2 Å². The Morgan fingerprint density at radius 3 is 1.28 bits per heavy atom. The first kappa shape index (κ1) is 25.9. The third kappa shape index (κ3) is 8.73. The number of hydrogen-bond donors (Lipinski definition) is 6. The van der Waals surface area contributed by atoms with Gasteiger partial charge >= 0.3 is 35.9 Å². The standard InChI is InChI=1S/C14H20N4O6.C4H4O4/c19-11(20)9(1-5-17-7-3-15-13(17)23)10(12(21)22)2-6-18-8-4-16-14(18)24;5-3(6)1-2-4(7)8/h1-8H2,(H,15,23)(H,16,24)(H,19,20)(H,21,22);1-2H,(H,5,6)(H,7,8)/b10-9-;2-1-. The molecule has 32 heavy (non-hydrogen) atoms. The Balaban J connectivity index is 0.000000547. The van der Waals surface area contributed by atoms with Crippen LogP contribution in [0.2, 0.25) is 0 Å². The van der Waals surface area contributed by atoms with Crippen molar-refractivity contribution in [2.75, 3.05) is 39.3 Å². The van der Waals surface area contributed by atoms with Crippen molar-refractivity contribution in [3.8, 4) is 0 Å². The summed E-state index contributed by atoms with van der Waals surface area (Å²) in [4.78, 5) is 67.9. The van der Waals surface area contributed by atoms with E-state index in [1.54, 1.807) is 0 Å². The number of aliphatic carboxylic acids is 4. The van der Waals surface area contributed by atoms with E-state index >= 15 is 0 Å². The quantitative estimate of drug-likeness (QED) is 0.220. The fraction of sp³-hybridized carbons (Fsp3) is 0.444. The molecule has 0 atom stereocenters. The Hall–Kier alpha value is -4.10. The zero-order valence-corrected chi connectivity index (χ0v) is 16.9. The maximum absolute atomic E-state index is 11.5. The van der Waals surface area contributed by atoms with Gasteiger partial charge in [0.05, 0.1) is 0 Å². The average Bonchev–Trinajstić information content (AvgIpc) is 3.30. The molecule has 0 aromatic rings. The van der Waals surface area contributed by atoms with E-state index in [1.807, 2.05) is 0 Å². The number of amides is 4. The molecule has 2 saturated heterocycles. The van der Waals surface area contributed by atoms with Crippen molar-refractivity contribution in [1.82, 2.24) is 20.4 Å². The molecule has 2 aliphatic rings. The lowest BCUT2D eigenvalue weighted by molar-refractivity contribution is -0.136. The first-order chi connectivity index (χ1) is 15.0. The maximum Gasteiger partial charge on any atom is 0.332 e. The molecular weight excluding hydrogens is 432 g/mol. The number of hydrogen-bond acceptors (Lipinski definition) is 6. The lowest BCUT2D eigenvalue weighted by atomic mass is 10.0. The fourth-order valence-electron chi connectivity index (χ4n) is 2.86. The van der Waals surface area contributed by atoms with Gasteiger partial charge in [0.15, 0.2) is 0 Å². The van der Waals surface area contributed by atoms with E-state index < -0.39 is 23.9 Å². The molecular formula is C18H24N4O10. The molecule has 0 aromatic carbocycles. The van der Waals surface area contributed by atoms with Gasteiger partial charge in [-0.05, 0) is 12.8 Å². The summed E-state index contributed by atoms with van der Waals surface area (Å²) in [6.45, 7) is 2.16. The van der Waals surface area contributed by atoms with E-state index in [1.165, 1.54) is 9.80 Å². The highest BCUT2D eigenvalue weighted by molar-refractivity contribution is 5.99. The van der Waals surface area contributed by atoms with Crippen LogP contribution in [0.5, 0.6) is 0 Å². The first-order valence-electron chi connectivity index (χ1n) is 9.41. The molecule has 4 amide bonds. The Morgan fingerprint density at radius 2 is 1.06 bits per heavy atom. The predicted molar refractivity (Wildman–Crippen MR) is 106 cm³/mol. The van der Waals surface area contributed by atoms with Gasteiger partial charge in [0, 0.05) is 62.6 Å². The lowest BCUT2D eigenvalue weighted by Gasteiger charge is -2.17. The SMILES string of the molecule is O=C(O)/C(CCN1CCNC1=O)=C(/CCN1CCNC1=O)C(=O)O.O=C(O)/C=C\C(=O)O. The number of carbonyl (C=O) groups is 6. The van der Waals surface area contributed by atoms with E-state index in [4.69, 9.17) is 10.2 Å². The second-order valence-corrected chi connectivity index (χ2v) is 6.52. The lowest BCUT2D eigenvalue weighted by Crippen LogP contribution is -2.31. The molecule has 0 spiro atoms. The first-order valence-corrected chi connectivity index (χ1v) is 9.41. The Kier molecular flexibility index (Phi) is 10.2. The highest BCUT2D eigenvalue weighted by Crippen LogP contribution is 2.17. The van der Waals surface area contributed by atoms with Crippen LogP contribution >= 0.6 is 0 Å². The minimum atomic E-state index is -1.32. The van der Waals surface area contributed by atoms with Crippen LogP contribution in [0, 0.1) is 0 Å². The maximum atomic E-state index is 11.5. The zero-order chi connectivity index (χ0) is 24.3. The summed E-state index contributed by atoms with van der Waals surface area (Å²) < 4.78 is 0. The summed E-state index contributed by atoms with van der Waals surface area (Å²) in [5.74, 6) is -5.16. The van der Waals surface area contributed by atoms with E-state index in [0.29, 0.717) is 38.3 Å². The zero-order valence-electron chi connectivity index (χ0n) is 16.9. The van der Waals surface area contributed by atoms with E-state index in [-0.39, 0.29) is 49.1 Å². The minimum Gasteiger partial charge on any atom is -0.478 e. The van der Waals surface area contributed by atoms with Gasteiger partial charge in [-0.2, -0.15) is 0 Å². The van der Waals surface area contributed by atoms with Crippen molar-refractivity contribution in [1.29, 1.82) is 0 Å². The van der Waals surface area contributed by atoms with Crippen LogP contribution in [0.4, 0.5) is 9.59 Å². The second-order valence-electron chi connectivity index (χ2n) is 6.52. The molecule has 14 nitrogen and oxygen atoms in total. The normalized spacial score (nSPS) is 16.1. The number of rotatable bonds is 10. The third-order valence-electron chi connectivity index (χ3n) is 4.40. The molecule has 0 aromatic heterocycles. The van der Waals surface area contributed by atoms with Crippen LogP contribution < -0.4 is 10.6 Å². The van der Waals surface area contributed by atoms with Crippen molar-refractivity contribution in [2.24, 2.45) is 0 Å². The Labute approximate surface area is 181 Å². The average molecular weight is 456 g/mol. The van der Waals surface area contributed by atoms with E-state index in [9.17, 15) is 39.0 Å². The molecule has 6 N–H and O–H groups in total. The van der Waals surface area contributed by atoms with Gasteiger partial charge in [0.25, 0.3) is 0 Å². The molecule has 2 fully saturated rings. The highest BCUT2D eigenvalue weighted by atomic mass is 16.4. The van der Waals surface area contributed by atoms with Crippen molar-refractivity contribution >= 4 is 35.9 Å². The van der Waals surface area contributed by atoms with Gasteiger partial charge < -0.3 is 40.9 Å². The number of urea groups is 2. The highest BCUT2D eigenvalue weighted by Gasteiger charge is 2.26. The van der Waals surface area contributed by atoms with Crippen molar-refractivity contribution in [3.05, 3.63) is 23.3 Å². The predicted octanol–water partition coefficient (Wildman–Crippen LogP) is -1.01. The van der Waals surface area contributed by atoms with Crippen molar-refractivity contribution in [3.63, 3.8) is 0 Å². The molecule has 0 aliphatic carbocycles. The van der Waals surface area contributed by atoms with Crippen LogP contribution in [0.15, 0.2) is 23.3 Å². The smallest absolute Gasteiger partial charge is 0.332 e. The summed E-state index contributed by atoms with van der Waals surface area (Å²) >= 11 is 0. The van der Waals surface area contributed by atoms with Gasteiger partial charge in [-0.1, -0.05) is 0 Å². The third-order valence-corrected chi connectivity index (χ3v) is 4.40. The molecule has 0 radical (unpaired) electrons. The second kappa shape index (κ2) is 12.6. The monoisotopic (exact) mass is 456 g/mol. The van der Waals surface area contributed by atoms with Crippen LogP contribution in [0.1, 0.15) is 12.8 Å². The summed E-state index contributed by atoms with van der Waals surface area (Å²) in [6, 6.07) is -0.573. The minimum absolute atomic E-state index is 0.0589. The molecule has 0 bridgehead atoms. The molecule has 176 valence electrons. The number of carbonyl (C=O) groups excluding carboxylic acids is 2. The van der Waals surface area contributed by atoms with Gasteiger partial charge in [-0.3, -0.25) is 0 Å². The number of nitrogens with one attached hydrogen (secondary N) is 2. The molecule has 2 rings (SSSR count). The summed E-state index contributed by atoms with van der Waals surface area (Å²) in [6.07, 6.45) is 0.998. The number of carboxylic acids is 4.